The second-order valence-corrected chi connectivity index (χ2v) is 9.11. The van der Waals surface area contributed by atoms with Gasteiger partial charge in [0.05, 0.1) is 13.2 Å². The minimum Gasteiger partial charge on any atom is -0.383 e. The molecule has 3 heterocycles. The number of carbonyl (C=O) groups excluding carboxylic acids is 1. The molecule has 4 aromatic rings. The number of aromatic amines is 1. The summed E-state index contributed by atoms with van der Waals surface area (Å²) >= 11 is 0. The van der Waals surface area contributed by atoms with Gasteiger partial charge in [0.1, 0.15) is 23.0 Å². The number of pyridine rings is 1. The molecule has 1 aliphatic carbocycles. The molecule has 2 amide bonds. The van der Waals surface area contributed by atoms with Gasteiger partial charge in [-0.15, -0.1) is 0 Å². The van der Waals surface area contributed by atoms with Crippen molar-refractivity contribution in [1.82, 2.24) is 24.1 Å². The molecule has 5 rings (SSSR count). The summed E-state index contributed by atoms with van der Waals surface area (Å²) in [6.45, 7) is 2.87. The van der Waals surface area contributed by atoms with Crippen molar-refractivity contribution >= 4 is 28.7 Å². The highest BCUT2D eigenvalue weighted by molar-refractivity contribution is 6.01. The van der Waals surface area contributed by atoms with Crippen LogP contribution in [0.5, 0.6) is 0 Å². The Kier molecular flexibility index (Phi) is 7.05. The number of rotatable bonds is 9. The zero-order chi connectivity index (χ0) is 26.8. The molecule has 0 saturated heterocycles. The zero-order valence-corrected chi connectivity index (χ0v) is 21.1. The molecule has 1 aromatic carbocycles. The van der Waals surface area contributed by atoms with Crippen molar-refractivity contribution < 1.29 is 13.9 Å². The van der Waals surface area contributed by atoms with E-state index in [4.69, 9.17) is 4.74 Å². The quantitative estimate of drug-likeness (QED) is 0.347. The van der Waals surface area contributed by atoms with E-state index in [0.717, 1.165) is 12.8 Å². The fourth-order valence-electron chi connectivity index (χ4n) is 4.30. The first-order chi connectivity index (χ1) is 18.4. The maximum Gasteiger partial charge on any atom is 0.333 e. The third-order valence-corrected chi connectivity index (χ3v) is 6.31. The Labute approximate surface area is 216 Å². The first kappa shape index (κ1) is 25.3. The van der Waals surface area contributed by atoms with Crippen LogP contribution in [0, 0.1) is 5.82 Å². The summed E-state index contributed by atoms with van der Waals surface area (Å²) in [5.41, 5.74) is 0.773. The Morgan fingerprint density at radius 2 is 2.08 bits per heavy atom. The summed E-state index contributed by atoms with van der Waals surface area (Å²) in [6, 6.07) is 8.40. The lowest BCUT2D eigenvalue weighted by Gasteiger charge is -2.22. The van der Waals surface area contributed by atoms with E-state index in [1.165, 1.54) is 41.0 Å². The molecule has 12 heteroatoms. The Hall–Kier alpha value is -4.32. The number of benzene rings is 1. The van der Waals surface area contributed by atoms with Gasteiger partial charge in [0.25, 0.3) is 5.56 Å². The number of fused-ring (bicyclic) bond motifs is 1. The smallest absolute Gasteiger partial charge is 0.333 e. The molecule has 198 valence electrons. The number of hydrogen-bond acceptors (Lipinski definition) is 6. The molecule has 3 aromatic heterocycles. The Morgan fingerprint density at radius 3 is 2.74 bits per heavy atom. The number of ether oxygens (including phenoxy) is 1. The molecule has 0 unspecified atom stereocenters. The molecule has 1 aliphatic rings. The summed E-state index contributed by atoms with van der Waals surface area (Å²) in [4.78, 5) is 52.6. The van der Waals surface area contributed by atoms with Crippen molar-refractivity contribution in [3.63, 3.8) is 0 Å². The molecule has 0 aliphatic heterocycles. The van der Waals surface area contributed by atoms with Gasteiger partial charge in [-0.2, -0.15) is 0 Å². The molecular weight excluding hydrogens is 493 g/mol. The highest BCUT2D eigenvalue weighted by Gasteiger charge is 2.30. The lowest BCUT2D eigenvalue weighted by Crippen LogP contribution is -2.39. The lowest BCUT2D eigenvalue weighted by molar-refractivity contribution is 0.204. The SMILES string of the molecule is CCCn1c(=O)n(C2CC2)c(=O)c2[nH]c(-c3ccc(N(CCOC)C(=O)Nc4cccc(F)c4)nc3)nc21. The summed E-state index contributed by atoms with van der Waals surface area (Å²) in [7, 11) is 1.52. The molecule has 0 radical (unpaired) electrons. The van der Waals surface area contributed by atoms with Crippen LogP contribution in [0.2, 0.25) is 0 Å². The van der Waals surface area contributed by atoms with E-state index < -0.39 is 11.8 Å². The monoisotopic (exact) mass is 521 g/mol. The largest absolute Gasteiger partial charge is 0.383 e. The Balaban J connectivity index is 1.47. The number of nitrogens with one attached hydrogen (secondary N) is 2. The van der Waals surface area contributed by atoms with Crippen molar-refractivity contribution in [2.45, 2.75) is 38.8 Å². The van der Waals surface area contributed by atoms with E-state index in [1.807, 2.05) is 6.92 Å². The molecule has 2 N–H and O–H groups in total. The molecule has 11 nitrogen and oxygen atoms in total. The Morgan fingerprint density at radius 1 is 1.26 bits per heavy atom. The van der Waals surface area contributed by atoms with E-state index in [9.17, 15) is 18.8 Å². The van der Waals surface area contributed by atoms with E-state index in [-0.39, 0.29) is 36.0 Å². The molecule has 0 bridgehead atoms. The number of halogens is 1. The van der Waals surface area contributed by atoms with Gasteiger partial charge in [0, 0.05) is 37.1 Å². The maximum atomic E-state index is 13.6. The van der Waals surface area contributed by atoms with E-state index in [1.54, 1.807) is 22.8 Å². The molecule has 0 spiro atoms. The summed E-state index contributed by atoms with van der Waals surface area (Å²) in [6.07, 6.45) is 3.87. The standard InChI is InChI=1S/C26H28FN7O4/c1-3-11-33-23-21(24(35)34(26(33)37)19-8-9-19)30-22(31-23)16-7-10-20(28-15-16)32(12-13-38-2)25(36)29-18-6-4-5-17(27)14-18/h4-7,10,14-15,19H,3,8-9,11-13H2,1-2H3,(H,29,36)(H,30,31). The second kappa shape index (κ2) is 10.6. The van der Waals surface area contributed by atoms with Gasteiger partial charge >= 0.3 is 11.7 Å². The van der Waals surface area contributed by atoms with E-state index in [0.29, 0.717) is 41.5 Å². The normalized spacial score (nSPS) is 13.1. The van der Waals surface area contributed by atoms with Crippen molar-refractivity contribution in [1.29, 1.82) is 0 Å². The number of carbonyl (C=O) groups is 1. The van der Waals surface area contributed by atoms with Gasteiger partial charge in [0.2, 0.25) is 0 Å². The van der Waals surface area contributed by atoms with Gasteiger partial charge in [-0.05, 0) is 49.6 Å². The van der Waals surface area contributed by atoms with Gasteiger partial charge in [-0.1, -0.05) is 13.0 Å². The summed E-state index contributed by atoms with van der Waals surface area (Å²) in [5, 5.41) is 2.67. The Bertz CT molecular complexity index is 1590. The molecule has 1 fully saturated rings. The number of amides is 2. The number of imidazole rings is 1. The second-order valence-electron chi connectivity index (χ2n) is 9.11. The van der Waals surface area contributed by atoms with Crippen LogP contribution in [0.1, 0.15) is 32.2 Å². The molecule has 0 atom stereocenters. The first-order valence-corrected chi connectivity index (χ1v) is 12.5. The summed E-state index contributed by atoms with van der Waals surface area (Å²) < 4.78 is 21.6. The number of anilines is 2. The van der Waals surface area contributed by atoms with Crippen LogP contribution in [-0.2, 0) is 11.3 Å². The van der Waals surface area contributed by atoms with Crippen LogP contribution in [0.25, 0.3) is 22.6 Å². The van der Waals surface area contributed by atoms with Crippen LogP contribution in [0.3, 0.4) is 0 Å². The lowest BCUT2D eigenvalue weighted by atomic mass is 10.2. The van der Waals surface area contributed by atoms with Crippen LogP contribution >= 0.6 is 0 Å². The van der Waals surface area contributed by atoms with Crippen molar-refractivity contribution in [3.05, 3.63) is 69.3 Å². The van der Waals surface area contributed by atoms with Crippen LogP contribution in [0.4, 0.5) is 20.7 Å². The number of methoxy groups -OCH3 is 1. The average Bonchev–Trinajstić information content (AvgIpc) is 3.63. The number of hydrogen-bond donors (Lipinski definition) is 2. The van der Waals surface area contributed by atoms with Crippen LogP contribution in [-0.4, -0.2) is 50.4 Å². The number of urea groups is 1. The van der Waals surface area contributed by atoms with Gasteiger partial charge in [-0.3, -0.25) is 18.8 Å². The van der Waals surface area contributed by atoms with Crippen molar-refractivity contribution in [2.75, 3.05) is 30.5 Å². The van der Waals surface area contributed by atoms with Crippen LogP contribution in [0.15, 0.2) is 52.2 Å². The minimum absolute atomic E-state index is 0.0631. The number of aryl methyl sites for hydroxylation is 1. The van der Waals surface area contributed by atoms with Gasteiger partial charge in [-0.25, -0.2) is 23.9 Å². The highest BCUT2D eigenvalue weighted by atomic mass is 19.1. The predicted octanol–water partition coefficient (Wildman–Crippen LogP) is 3.52. The molecule has 1 saturated carbocycles. The third kappa shape index (κ3) is 4.94. The van der Waals surface area contributed by atoms with Gasteiger partial charge in [0.15, 0.2) is 5.65 Å². The first-order valence-electron chi connectivity index (χ1n) is 12.5. The fraction of sp³-hybridized carbons (Fsp3) is 0.346. The topological polar surface area (TPSA) is 127 Å². The minimum atomic E-state index is -0.499. The maximum absolute atomic E-state index is 13.6. The number of aromatic nitrogens is 5. The summed E-state index contributed by atoms with van der Waals surface area (Å²) in [5.74, 6) is 0.268. The predicted molar refractivity (Wildman–Crippen MR) is 141 cm³/mol. The average molecular weight is 522 g/mol. The van der Waals surface area contributed by atoms with E-state index >= 15 is 0 Å². The number of nitrogens with zero attached hydrogens (tertiary/aromatic N) is 5. The molecular formula is C26H28FN7O4. The van der Waals surface area contributed by atoms with Gasteiger partial charge < -0.3 is 15.0 Å². The van der Waals surface area contributed by atoms with Crippen LogP contribution < -0.4 is 21.5 Å². The zero-order valence-electron chi connectivity index (χ0n) is 21.1. The van der Waals surface area contributed by atoms with Crippen molar-refractivity contribution in [2.24, 2.45) is 0 Å². The fourth-order valence-corrected chi connectivity index (χ4v) is 4.30. The number of H-pyrrole nitrogens is 1. The van der Waals surface area contributed by atoms with E-state index in [2.05, 4.69) is 20.3 Å². The van der Waals surface area contributed by atoms with Crippen molar-refractivity contribution in [3.8, 4) is 11.4 Å². The molecule has 38 heavy (non-hydrogen) atoms. The third-order valence-electron chi connectivity index (χ3n) is 6.31. The highest BCUT2D eigenvalue weighted by Crippen LogP contribution is 2.32.